The summed E-state index contributed by atoms with van der Waals surface area (Å²) in [4.78, 5) is 0. The number of hydrogen-bond acceptors (Lipinski definition) is 2. The summed E-state index contributed by atoms with van der Waals surface area (Å²) in [5.41, 5.74) is 0. The van der Waals surface area contributed by atoms with Crippen molar-refractivity contribution in [3.8, 4) is 0 Å². The first-order valence-electron chi connectivity index (χ1n) is 3.62. The van der Waals surface area contributed by atoms with Gasteiger partial charge in [-0.05, 0) is 24.4 Å². The van der Waals surface area contributed by atoms with Gasteiger partial charge in [0.05, 0.1) is 0 Å². The number of nitrogens with zero attached hydrogens (tertiary/aromatic N) is 2. The molecule has 0 saturated carbocycles. The molecule has 1 unspecified atom stereocenters. The molecule has 0 bridgehead atoms. The molecular weight excluding hydrogens is 174 g/mol. The lowest BCUT2D eigenvalue weighted by molar-refractivity contribution is 0.427. The molecule has 1 atom stereocenters. The zero-order valence-electron chi connectivity index (χ0n) is 6.31. The number of hydrogen-bond donors (Lipinski definition) is 1. The lowest BCUT2D eigenvalue weighted by Gasteiger charge is -2.25. The van der Waals surface area contributed by atoms with Crippen molar-refractivity contribution in [2.45, 2.75) is 5.12 Å². The fraction of sp³-hybridized carbons (Fsp3) is 0.125. The van der Waals surface area contributed by atoms with Crippen molar-refractivity contribution in [2.24, 2.45) is 0 Å². The first kappa shape index (κ1) is 7.43. The highest BCUT2D eigenvalue weighted by Gasteiger charge is 2.25. The molecule has 1 aliphatic rings. The van der Waals surface area contributed by atoms with Crippen LogP contribution in [0.1, 0.15) is 0 Å². The van der Waals surface area contributed by atoms with Crippen LogP contribution in [0.5, 0.6) is 0 Å². The summed E-state index contributed by atoms with van der Waals surface area (Å²) in [7, 11) is 0. The van der Waals surface area contributed by atoms with Gasteiger partial charge < -0.3 is 5.32 Å². The van der Waals surface area contributed by atoms with Gasteiger partial charge in [-0.3, -0.25) is 0 Å². The molecular formula is C8H8ClN3. The Balaban J connectivity index is 2.34. The van der Waals surface area contributed by atoms with Crippen molar-refractivity contribution in [2.75, 3.05) is 0 Å². The highest BCUT2D eigenvalue weighted by Crippen LogP contribution is 2.21. The van der Waals surface area contributed by atoms with Crippen LogP contribution in [0.3, 0.4) is 0 Å². The van der Waals surface area contributed by atoms with E-state index in [-0.39, 0.29) is 0 Å². The Morgan fingerprint density at radius 3 is 2.92 bits per heavy atom. The van der Waals surface area contributed by atoms with Gasteiger partial charge in [0.25, 0.3) is 0 Å². The molecule has 2 rings (SSSR count). The van der Waals surface area contributed by atoms with Crippen molar-refractivity contribution >= 4 is 11.6 Å². The number of nitrogens with one attached hydrogen (secondary N) is 1. The SMILES string of the molecule is ClC1(n2cccn2)C=CC=CN1. The average Bonchev–Trinajstić information content (AvgIpc) is 2.58. The second kappa shape index (κ2) is 2.68. The average molecular weight is 182 g/mol. The van der Waals surface area contributed by atoms with Gasteiger partial charge in [-0.2, -0.15) is 5.10 Å². The topological polar surface area (TPSA) is 29.9 Å². The minimum Gasteiger partial charge on any atom is -0.352 e. The smallest absolute Gasteiger partial charge is 0.227 e. The zero-order valence-corrected chi connectivity index (χ0v) is 7.07. The van der Waals surface area contributed by atoms with Crippen LogP contribution in [-0.2, 0) is 5.12 Å². The summed E-state index contributed by atoms with van der Waals surface area (Å²) in [6.07, 6.45) is 10.9. The van der Waals surface area contributed by atoms with Crippen LogP contribution in [-0.4, -0.2) is 9.78 Å². The normalized spacial score (nSPS) is 27.1. The van der Waals surface area contributed by atoms with E-state index >= 15 is 0 Å². The quantitative estimate of drug-likeness (QED) is 0.525. The summed E-state index contributed by atoms with van der Waals surface area (Å²) in [5, 5.41) is 6.31. The number of halogens is 1. The van der Waals surface area contributed by atoms with E-state index in [4.69, 9.17) is 11.6 Å². The number of dihydropyridines is 1. The molecule has 0 radical (unpaired) electrons. The molecule has 0 spiro atoms. The Morgan fingerprint density at radius 2 is 2.33 bits per heavy atom. The lowest BCUT2D eigenvalue weighted by Crippen LogP contribution is -2.39. The molecule has 1 aromatic rings. The molecule has 12 heavy (non-hydrogen) atoms. The Morgan fingerprint density at radius 1 is 1.42 bits per heavy atom. The van der Waals surface area contributed by atoms with E-state index in [0.717, 1.165) is 0 Å². The van der Waals surface area contributed by atoms with E-state index in [1.54, 1.807) is 17.1 Å². The maximum Gasteiger partial charge on any atom is 0.227 e. The molecule has 0 aliphatic carbocycles. The van der Waals surface area contributed by atoms with E-state index in [1.165, 1.54) is 0 Å². The molecule has 3 nitrogen and oxygen atoms in total. The fourth-order valence-corrected chi connectivity index (χ4v) is 1.29. The fourth-order valence-electron chi connectivity index (χ4n) is 1.06. The first-order valence-corrected chi connectivity index (χ1v) is 4.00. The number of alkyl halides is 1. The predicted octanol–water partition coefficient (Wildman–Crippen LogP) is 1.41. The Hall–Kier alpha value is -1.22. The van der Waals surface area contributed by atoms with E-state index in [0.29, 0.717) is 0 Å². The molecule has 0 fully saturated rings. The van der Waals surface area contributed by atoms with Crippen LogP contribution < -0.4 is 5.32 Å². The second-order valence-corrected chi connectivity index (χ2v) is 3.06. The molecule has 62 valence electrons. The summed E-state index contributed by atoms with van der Waals surface area (Å²) in [6.45, 7) is 0. The molecule has 1 aliphatic heterocycles. The Bertz CT molecular complexity index is 315. The van der Waals surface area contributed by atoms with Crippen LogP contribution >= 0.6 is 11.6 Å². The lowest BCUT2D eigenvalue weighted by atomic mass is 10.3. The third-order valence-corrected chi connectivity index (χ3v) is 2.06. The van der Waals surface area contributed by atoms with E-state index < -0.39 is 5.12 Å². The Kier molecular flexibility index (Phi) is 1.66. The summed E-state index contributed by atoms with van der Waals surface area (Å²) < 4.78 is 1.65. The monoisotopic (exact) mass is 181 g/mol. The van der Waals surface area contributed by atoms with Gasteiger partial charge in [-0.1, -0.05) is 17.7 Å². The molecule has 1 aromatic heterocycles. The largest absolute Gasteiger partial charge is 0.352 e. The molecule has 0 saturated heterocycles. The number of aromatic nitrogens is 2. The second-order valence-electron chi connectivity index (χ2n) is 2.49. The number of rotatable bonds is 1. The van der Waals surface area contributed by atoms with Gasteiger partial charge in [-0.25, -0.2) is 4.68 Å². The van der Waals surface area contributed by atoms with Gasteiger partial charge >= 0.3 is 0 Å². The first-order chi connectivity index (χ1) is 5.81. The standard InChI is InChI=1S/C8H8ClN3/c9-8(4-1-2-5-10-8)12-7-3-6-11-12/h1-7,10H. The molecule has 4 heteroatoms. The number of allylic oxidation sites excluding steroid dienone is 2. The van der Waals surface area contributed by atoms with Crippen molar-refractivity contribution in [1.82, 2.24) is 15.1 Å². The Labute approximate surface area is 75.3 Å². The van der Waals surface area contributed by atoms with Gasteiger partial charge in [0.2, 0.25) is 5.12 Å². The van der Waals surface area contributed by atoms with E-state index in [2.05, 4.69) is 10.4 Å². The van der Waals surface area contributed by atoms with Gasteiger partial charge in [0.1, 0.15) is 0 Å². The predicted molar refractivity (Wildman–Crippen MR) is 47.5 cm³/mol. The van der Waals surface area contributed by atoms with Gasteiger partial charge in [0, 0.05) is 12.4 Å². The van der Waals surface area contributed by atoms with Crippen LogP contribution in [0, 0.1) is 0 Å². The van der Waals surface area contributed by atoms with Crippen LogP contribution in [0.15, 0.2) is 42.9 Å². The van der Waals surface area contributed by atoms with E-state index in [1.807, 2.05) is 30.5 Å². The van der Waals surface area contributed by atoms with Crippen molar-refractivity contribution in [3.05, 3.63) is 42.9 Å². The molecule has 0 amide bonds. The maximum atomic E-state index is 6.19. The van der Waals surface area contributed by atoms with Crippen LogP contribution in [0.2, 0.25) is 0 Å². The minimum absolute atomic E-state index is 0.738. The summed E-state index contributed by atoms with van der Waals surface area (Å²) in [6, 6.07) is 1.83. The summed E-state index contributed by atoms with van der Waals surface area (Å²) in [5.74, 6) is 0. The van der Waals surface area contributed by atoms with Crippen molar-refractivity contribution in [3.63, 3.8) is 0 Å². The zero-order chi connectivity index (χ0) is 8.44. The third kappa shape index (κ3) is 1.12. The molecule has 1 N–H and O–H groups in total. The van der Waals surface area contributed by atoms with Gasteiger partial charge in [-0.15, -0.1) is 0 Å². The highest BCUT2D eigenvalue weighted by molar-refractivity contribution is 6.23. The van der Waals surface area contributed by atoms with E-state index in [9.17, 15) is 0 Å². The van der Waals surface area contributed by atoms with Crippen LogP contribution in [0.4, 0.5) is 0 Å². The van der Waals surface area contributed by atoms with Gasteiger partial charge in [0.15, 0.2) is 0 Å². The highest BCUT2D eigenvalue weighted by atomic mass is 35.5. The van der Waals surface area contributed by atoms with Crippen LogP contribution in [0.25, 0.3) is 0 Å². The minimum atomic E-state index is -0.738. The maximum absolute atomic E-state index is 6.19. The molecule has 0 aromatic carbocycles. The van der Waals surface area contributed by atoms with Crippen molar-refractivity contribution in [1.29, 1.82) is 0 Å². The van der Waals surface area contributed by atoms with Crippen molar-refractivity contribution < 1.29 is 0 Å². The summed E-state index contributed by atoms with van der Waals surface area (Å²) >= 11 is 6.19. The molecule has 2 heterocycles. The third-order valence-electron chi connectivity index (χ3n) is 1.65.